The average molecular weight is 405 g/mol. The van der Waals surface area contributed by atoms with E-state index in [0.717, 1.165) is 12.0 Å². The van der Waals surface area contributed by atoms with E-state index >= 15 is 0 Å². The fourth-order valence-electron chi connectivity index (χ4n) is 4.69. The molecule has 3 aliphatic rings. The number of rotatable bonds is 6. The zero-order valence-electron chi connectivity index (χ0n) is 17.5. The topological polar surface area (TPSA) is 89.9 Å². The standard InChI is InChI=1S/C23H32O6/c1-4-13(2)23(27)29-20-7-5-6-15-10-19(25)14(3)18(22(15)20)9-8-17-11-16(24)12-21(26)28-17/h5-6,10,13-14,16-18,20,22,24H,4,7-9,11-12H2,1-3H3/t13?,14-,16-,17-,18+,20+,22?/m1/s1. The first kappa shape index (κ1) is 21.8. The van der Waals surface area contributed by atoms with Gasteiger partial charge in [0.2, 0.25) is 0 Å². The number of carbonyl (C=O) groups excluding carboxylic acids is 3. The Balaban J connectivity index is 1.75. The lowest BCUT2D eigenvalue weighted by Crippen LogP contribution is -2.43. The number of ketones is 1. The molecule has 2 aliphatic carbocycles. The molecule has 6 heteroatoms. The van der Waals surface area contributed by atoms with Crippen molar-refractivity contribution in [2.24, 2.45) is 23.7 Å². The molecule has 0 aromatic carbocycles. The Labute approximate surface area is 172 Å². The van der Waals surface area contributed by atoms with E-state index in [2.05, 4.69) is 0 Å². The molecule has 0 amide bonds. The largest absolute Gasteiger partial charge is 0.462 e. The predicted octanol–water partition coefficient (Wildman–Crippen LogP) is 3.13. The molecule has 1 aliphatic heterocycles. The molecule has 0 aromatic rings. The Kier molecular flexibility index (Phi) is 6.93. The van der Waals surface area contributed by atoms with Crippen molar-refractivity contribution in [1.29, 1.82) is 0 Å². The number of ether oxygens (including phenoxy) is 2. The van der Waals surface area contributed by atoms with Crippen LogP contribution >= 0.6 is 0 Å². The quantitative estimate of drug-likeness (QED) is 0.684. The minimum absolute atomic E-state index is 0.0000425. The average Bonchev–Trinajstić information content (AvgIpc) is 2.67. The Morgan fingerprint density at radius 3 is 2.79 bits per heavy atom. The van der Waals surface area contributed by atoms with Crippen LogP contribution in [0.5, 0.6) is 0 Å². The first-order valence-corrected chi connectivity index (χ1v) is 10.8. The maximum absolute atomic E-state index is 12.6. The molecular weight excluding hydrogens is 372 g/mol. The zero-order valence-corrected chi connectivity index (χ0v) is 17.5. The van der Waals surface area contributed by atoms with Gasteiger partial charge in [-0.15, -0.1) is 0 Å². The minimum Gasteiger partial charge on any atom is -0.462 e. The lowest BCUT2D eigenvalue weighted by Gasteiger charge is -2.42. The fourth-order valence-corrected chi connectivity index (χ4v) is 4.69. The van der Waals surface area contributed by atoms with Gasteiger partial charge in [0.25, 0.3) is 0 Å². The molecule has 2 unspecified atom stereocenters. The van der Waals surface area contributed by atoms with Crippen LogP contribution in [-0.2, 0) is 23.9 Å². The van der Waals surface area contributed by atoms with Crippen LogP contribution < -0.4 is 0 Å². The Hall–Kier alpha value is -1.95. The van der Waals surface area contributed by atoms with Crippen molar-refractivity contribution in [3.8, 4) is 0 Å². The Bertz CT molecular complexity index is 708. The summed E-state index contributed by atoms with van der Waals surface area (Å²) >= 11 is 0. The molecule has 7 atom stereocenters. The summed E-state index contributed by atoms with van der Waals surface area (Å²) in [5, 5.41) is 9.85. The molecule has 0 aromatic heterocycles. The number of hydrogen-bond donors (Lipinski definition) is 1. The summed E-state index contributed by atoms with van der Waals surface area (Å²) in [6.45, 7) is 5.75. The maximum Gasteiger partial charge on any atom is 0.308 e. The second-order valence-electron chi connectivity index (χ2n) is 8.73. The number of carbonyl (C=O) groups is 3. The molecule has 1 fully saturated rings. The van der Waals surface area contributed by atoms with E-state index in [1.165, 1.54) is 0 Å². The Morgan fingerprint density at radius 1 is 1.34 bits per heavy atom. The van der Waals surface area contributed by atoms with Crippen molar-refractivity contribution in [2.45, 2.75) is 77.6 Å². The summed E-state index contributed by atoms with van der Waals surface area (Å²) in [6.07, 6.45) is 7.45. The van der Waals surface area contributed by atoms with Gasteiger partial charge in [-0.2, -0.15) is 0 Å². The van der Waals surface area contributed by atoms with Crippen molar-refractivity contribution in [1.82, 2.24) is 0 Å². The van der Waals surface area contributed by atoms with Gasteiger partial charge < -0.3 is 14.6 Å². The molecule has 0 bridgehead atoms. The number of aliphatic hydroxyl groups is 1. The third-order valence-electron chi connectivity index (χ3n) is 6.66. The molecule has 6 nitrogen and oxygen atoms in total. The zero-order chi connectivity index (χ0) is 21.1. The third kappa shape index (κ3) is 4.97. The number of hydrogen-bond acceptors (Lipinski definition) is 6. The number of fused-ring (bicyclic) bond motifs is 1. The second-order valence-corrected chi connectivity index (χ2v) is 8.73. The van der Waals surface area contributed by atoms with Crippen molar-refractivity contribution < 1.29 is 29.0 Å². The highest BCUT2D eigenvalue weighted by Crippen LogP contribution is 2.43. The lowest BCUT2D eigenvalue weighted by molar-refractivity contribution is -0.162. The van der Waals surface area contributed by atoms with Crippen molar-refractivity contribution in [3.63, 3.8) is 0 Å². The van der Waals surface area contributed by atoms with Gasteiger partial charge in [-0.05, 0) is 36.8 Å². The number of esters is 2. The van der Waals surface area contributed by atoms with E-state index in [4.69, 9.17) is 9.47 Å². The van der Waals surface area contributed by atoms with Crippen LogP contribution in [0, 0.1) is 23.7 Å². The van der Waals surface area contributed by atoms with E-state index in [1.807, 2.05) is 32.9 Å². The van der Waals surface area contributed by atoms with Gasteiger partial charge >= 0.3 is 11.9 Å². The van der Waals surface area contributed by atoms with Crippen molar-refractivity contribution in [3.05, 3.63) is 23.8 Å². The highest BCUT2D eigenvalue weighted by molar-refractivity contribution is 5.94. The van der Waals surface area contributed by atoms with Gasteiger partial charge in [-0.1, -0.05) is 32.9 Å². The third-order valence-corrected chi connectivity index (χ3v) is 6.66. The molecule has 160 valence electrons. The highest BCUT2D eigenvalue weighted by Gasteiger charge is 2.43. The van der Waals surface area contributed by atoms with E-state index in [9.17, 15) is 19.5 Å². The molecule has 0 saturated carbocycles. The van der Waals surface area contributed by atoms with Crippen LogP contribution in [0.3, 0.4) is 0 Å². The van der Waals surface area contributed by atoms with Crippen LogP contribution in [0.15, 0.2) is 23.8 Å². The molecular formula is C23H32O6. The van der Waals surface area contributed by atoms with E-state index in [-0.39, 0.29) is 60.0 Å². The molecule has 0 spiro atoms. The first-order valence-electron chi connectivity index (χ1n) is 10.8. The van der Waals surface area contributed by atoms with Crippen LogP contribution in [-0.4, -0.2) is 41.1 Å². The van der Waals surface area contributed by atoms with E-state index in [0.29, 0.717) is 25.7 Å². The van der Waals surface area contributed by atoms with Crippen LogP contribution in [0.1, 0.15) is 59.3 Å². The van der Waals surface area contributed by atoms with E-state index in [1.54, 1.807) is 6.08 Å². The van der Waals surface area contributed by atoms with Gasteiger partial charge in [0.1, 0.15) is 12.2 Å². The molecule has 29 heavy (non-hydrogen) atoms. The highest BCUT2D eigenvalue weighted by atomic mass is 16.5. The SMILES string of the molecule is CCC(C)C(=O)O[C@H]1CC=CC2=CC(=O)[C@H](C)[C@H](CC[C@@H]3C[C@@H](O)CC(=O)O3)C21. The van der Waals surface area contributed by atoms with Crippen molar-refractivity contribution >= 4 is 17.7 Å². The van der Waals surface area contributed by atoms with Crippen LogP contribution in [0.25, 0.3) is 0 Å². The van der Waals surface area contributed by atoms with Gasteiger partial charge in [0.05, 0.1) is 18.4 Å². The van der Waals surface area contributed by atoms with E-state index < -0.39 is 6.10 Å². The summed E-state index contributed by atoms with van der Waals surface area (Å²) in [6, 6.07) is 0. The minimum atomic E-state index is -0.663. The molecule has 1 N–H and O–H groups in total. The molecule has 3 rings (SSSR count). The fraction of sp³-hybridized carbons (Fsp3) is 0.696. The summed E-state index contributed by atoms with van der Waals surface area (Å²) in [7, 11) is 0. The molecule has 1 heterocycles. The summed E-state index contributed by atoms with van der Waals surface area (Å²) < 4.78 is 11.3. The van der Waals surface area contributed by atoms with Crippen molar-refractivity contribution in [2.75, 3.05) is 0 Å². The monoisotopic (exact) mass is 404 g/mol. The summed E-state index contributed by atoms with van der Waals surface area (Å²) in [5.74, 6) is -0.866. The smallest absolute Gasteiger partial charge is 0.308 e. The van der Waals surface area contributed by atoms with Crippen LogP contribution in [0.4, 0.5) is 0 Å². The molecule has 1 saturated heterocycles. The maximum atomic E-state index is 12.6. The van der Waals surface area contributed by atoms with Gasteiger partial charge in [0, 0.05) is 24.7 Å². The normalized spacial score (nSPS) is 35.4. The molecule has 0 radical (unpaired) electrons. The summed E-state index contributed by atoms with van der Waals surface area (Å²) in [4.78, 5) is 36.6. The number of allylic oxidation sites excluding steroid dienone is 2. The Morgan fingerprint density at radius 2 is 2.10 bits per heavy atom. The second kappa shape index (κ2) is 9.24. The first-order chi connectivity index (χ1) is 13.8. The van der Waals surface area contributed by atoms with Crippen LogP contribution in [0.2, 0.25) is 0 Å². The number of aliphatic hydroxyl groups excluding tert-OH is 1. The van der Waals surface area contributed by atoms with Gasteiger partial charge in [-0.3, -0.25) is 14.4 Å². The predicted molar refractivity (Wildman–Crippen MR) is 107 cm³/mol. The van der Waals surface area contributed by atoms with Gasteiger partial charge in [-0.25, -0.2) is 0 Å². The summed E-state index contributed by atoms with van der Waals surface area (Å²) in [5.41, 5.74) is 0.923. The lowest BCUT2D eigenvalue weighted by atomic mass is 9.65. The van der Waals surface area contributed by atoms with Gasteiger partial charge in [0.15, 0.2) is 5.78 Å². The number of cyclic esters (lactones) is 1.